The van der Waals surface area contributed by atoms with Gasteiger partial charge in [0.1, 0.15) is 5.75 Å². The highest BCUT2D eigenvalue weighted by Gasteiger charge is 2.21. The van der Waals surface area contributed by atoms with Crippen molar-refractivity contribution in [3.05, 3.63) is 40.8 Å². The molecule has 0 unspecified atom stereocenters. The van der Waals surface area contributed by atoms with Crippen molar-refractivity contribution in [1.29, 1.82) is 0 Å². The fourth-order valence-electron chi connectivity index (χ4n) is 3.11. The van der Waals surface area contributed by atoms with Crippen LogP contribution in [0.5, 0.6) is 5.75 Å². The van der Waals surface area contributed by atoms with Crippen LogP contribution in [0.25, 0.3) is 10.8 Å². The Morgan fingerprint density at radius 1 is 1.24 bits per heavy atom. The van der Waals surface area contributed by atoms with Crippen molar-refractivity contribution in [2.75, 3.05) is 6.54 Å². The van der Waals surface area contributed by atoms with E-state index < -0.39 is 0 Å². The van der Waals surface area contributed by atoms with Crippen molar-refractivity contribution in [3.8, 4) is 5.75 Å². The molecule has 0 aliphatic heterocycles. The van der Waals surface area contributed by atoms with Crippen LogP contribution in [-0.2, 0) is 0 Å². The first kappa shape index (κ1) is 14.1. The first-order valence-corrected chi connectivity index (χ1v) is 7.77. The summed E-state index contributed by atoms with van der Waals surface area (Å²) >= 11 is 0. The Labute approximate surface area is 124 Å². The average Bonchev–Trinajstić information content (AvgIpc) is 2.50. The van der Waals surface area contributed by atoms with Gasteiger partial charge < -0.3 is 15.0 Å². The fourth-order valence-corrected chi connectivity index (χ4v) is 3.11. The number of H-pyrrole nitrogens is 1. The van der Waals surface area contributed by atoms with Crippen LogP contribution in [0.15, 0.2) is 35.3 Å². The molecule has 0 saturated heterocycles. The molecule has 0 spiro atoms. The molecule has 1 aromatic carbocycles. The van der Waals surface area contributed by atoms with Crippen molar-refractivity contribution in [1.82, 2.24) is 10.3 Å². The summed E-state index contributed by atoms with van der Waals surface area (Å²) in [4.78, 5) is 14.4. The van der Waals surface area contributed by atoms with E-state index in [1.165, 1.54) is 12.8 Å². The molecule has 21 heavy (non-hydrogen) atoms. The molecule has 0 bridgehead atoms. The quantitative estimate of drug-likeness (QED) is 0.908. The molecule has 0 atom stereocenters. The molecule has 1 heterocycles. The highest BCUT2D eigenvalue weighted by Crippen LogP contribution is 2.25. The molecule has 0 amide bonds. The number of benzene rings is 1. The Bertz CT molecular complexity index is 657. The molecule has 4 heteroatoms. The number of aromatic nitrogens is 1. The van der Waals surface area contributed by atoms with Gasteiger partial charge >= 0.3 is 0 Å². The van der Waals surface area contributed by atoms with Crippen LogP contribution in [0.1, 0.15) is 32.6 Å². The second-order valence-electron chi connectivity index (χ2n) is 5.71. The Kier molecular flexibility index (Phi) is 4.25. The van der Waals surface area contributed by atoms with Crippen LogP contribution in [-0.4, -0.2) is 23.7 Å². The first-order valence-electron chi connectivity index (χ1n) is 7.77. The van der Waals surface area contributed by atoms with Gasteiger partial charge in [-0.05, 0) is 61.9 Å². The molecular formula is C17H22N2O2. The maximum Gasteiger partial charge on any atom is 0.255 e. The van der Waals surface area contributed by atoms with Crippen molar-refractivity contribution < 1.29 is 4.74 Å². The lowest BCUT2D eigenvalue weighted by Gasteiger charge is -2.29. The Morgan fingerprint density at radius 2 is 2.05 bits per heavy atom. The zero-order valence-electron chi connectivity index (χ0n) is 12.4. The summed E-state index contributed by atoms with van der Waals surface area (Å²) in [5.41, 5.74) is -0.0507. The predicted octanol–water partition coefficient (Wildman–Crippen LogP) is 2.83. The average molecular weight is 286 g/mol. The Morgan fingerprint density at radius 3 is 2.81 bits per heavy atom. The number of rotatable bonds is 4. The van der Waals surface area contributed by atoms with Gasteiger partial charge in [0.25, 0.3) is 5.56 Å². The van der Waals surface area contributed by atoms with Crippen LogP contribution in [0, 0.1) is 0 Å². The molecule has 2 aromatic rings. The normalized spacial score (nSPS) is 22.3. The number of hydrogen-bond acceptors (Lipinski definition) is 3. The number of ether oxygens (including phenoxy) is 1. The smallest absolute Gasteiger partial charge is 0.255 e. The lowest BCUT2D eigenvalue weighted by atomic mass is 9.93. The molecule has 112 valence electrons. The molecule has 3 rings (SSSR count). The van der Waals surface area contributed by atoms with E-state index in [0.29, 0.717) is 17.5 Å². The van der Waals surface area contributed by atoms with E-state index in [1.807, 2.05) is 24.3 Å². The number of nitrogens with one attached hydrogen (secondary N) is 2. The summed E-state index contributed by atoms with van der Waals surface area (Å²) < 4.78 is 6.09. The number of fused-ring (bicyclic) bond motifs is 1. The zero-order chi connectivity index (χ0) is 14.7. The topological polar surface area (TPSA) is 54.1 Å². The maximum absolute atomic E-state index is 11.7. The molecule has 1 fully saturated rings. The van der Waals surface area contributed by atoms with Gasteiger partial charge in [0.05, 0.1) is 6.10 Å². The highest BCUT2D eigenvalue weighted by atomic mass is 16.5. The van der Waals surface area contributed by atoms with Gasteiger partial charge in [-0.3, -0.25) is 4.79 Å². The monoisotopic (exact) mass is 286 g/mol. The minimum absolute atomic E-state index is 0.0507. The van der Waals surface area contributed by atoms with Crippen LogP contribution < -0.4 is 15.6 Å². The predicted molar refractivity (Wildman–Crippen MR) is 84.9 cm³/mol. The van der Waals surface area contributed by atoms with Crippen LogP contribution in [0.2, 0.25) is 0 Å². The summed E-state index contributed by atoms with van der Waals surface area (Å²) in [5.74, 6) is 0.861. The summed E-state index contributed by atoms with van der Waals surface area (Å²) in [5, 5.41) is 5.14. The van der Waals surface area contributed by atoms with Gasteiger partial charge in [0.15, 0.2) is 0 Å². The minimum atomic E-state index is -0.0507. The largest absolute Gasteiger partial charge is 0.490 e. The summed E-state index contributed by atoms with van der Waals surface area (Å²) in [6.45, 7) is 3.19. The van der Waals surface area contributed by atoms with Gasteiger partial charge in [-0.25, -0.2) is 0 Å². The molecule has 1 aliphatic rings. The Balaban J connectivity index is 1.67. The minimum Gasteiger partial charge on any atom is -0.490 e. The molecule has 1 saturated carbocycles. The van der Waals surface area contributed by atoms with Gasteiger partial charge in [-0.1, -0.05) is 6.92 Å². The zero-order valence-corrected chi connectivity index (χ0v) is 12.4. The third-order valence-electron chi connectivity index (χ3n) is 4.21. The van der Waals surface area contributed by atoms with E-state index in [2.05, 4.69) is 17.2 Å². The van der Waals surface area contributed by atoms with Crippen LogP contribution >= 0.6 is 0 Å². The summed E-state index contributed by atoms with van der Waals surface area (Å²) in [7, 11) is 0. The van der Waals surface area contributed by atoms with Crippen molar-refractivity contribution >= 4 is 10.8 Å². The SMILES string of the molecule is CCNC1CCC(Oc2ccc3c(=O)[nH]ccc3c2)CC1. The van der Waals surface area contributed by atoms with E-state index in [9.17, 15) is 4.79 Å². The molecule has 4 nitrogen and oxygen atoms in total. The lowest BCUT2D eigenvalue weighted by Crippen LogP contribution is -2.36. The summed E-state index contributed by atoms with van der Waals surface area (Å²) in [6, 6.07) is 8.25. The number of hydrogen-bond donors (Lipinski definition) is 2. The number of pyridine rings is 1. The molecule has 1 aliphatic carbocycles. The van der Waals surface area contributed by atoms with Gasteiger partial charge in [0, 0.05) is 17.6 Å². The van der Waals surface area contributed by atoms with E-state index >= 15 is 0 Å². The molecule has 2 N–H and O–H groups in total. The van der Waals surface area contributed by atoms with Crippen molar-refractivity contribution in [3.63, 3.8) is 0 Å². The second-order valence-corrected chi connectivity index (χ2v) is 5.71. The van der Waals surface area contributed by atoms with E-state index in [0.717, 1.165) is 30.5 Å². The second kappa shape index (κ2) is 6.31. The number of aromatic amines is 1. The van der Waals surface area contributed by atoms with Gasteiger partial charge in [0.2, 0.25) is 0 Å². The molecular weight excluding hydrogens is 264 g/mol. The van der Waals surface area contributed by atoms with Crippen LogP contribution in [0.3, 0.4) is 0 Å². The van der Waals surface area contributed by atoms with Crippen LogP contribution in [0.4, 0.5) is 0 Å². The van der Waals surface area contributed by atoms with E-state index in [4.69, 9.17) is 4.74 Å². The highest BCUT2D eigenvalue weighted by molar-refractivity contribution is 5.82. The van der Waals surface area contributed by atoms with Gasteiger partial charge in [-0.15, -0.1) is 0 Å². The van der Waals surface area contributed by atoms with E-state index in [1.54, 1.807) is 6.20 Å². The molecule has 1 aromatic heterocycles. The summed E-state index contributed by atoms with van der Waals surface area (Å²) in [6.07, 6.45) is 6.49. The van der Waals surface area contributed by atoms with E-state index in [-0.39, 0.29) is 5.56 Å². The third kappa shape index (κ3) is 3.27. The third-order valence-corrected chi connectivity index (χ3v) is 4.21. The standard InChI is InChI=1S/C17H22N2O2/c1-2-18-13-3-5-14(6-4-13)21-15-7-8-16-12(11-15)9-10-19-17(16)20/h7-11,13-14,18H,2-6H2,1H3,(H,19,20). The van der Waals surface area contributed by atoms with Crippen molar-refractivity contribution in [2.24, 2.45) is 0 Å². The molecule has 0 radical (unpaired) electrons. The fraction of sp³-hybridized carbons (Fsp3) is 0.471. The first-order chi connectivity index (χ1) is 10.3. The maximum atomic E-state index is 11.7. The van der Waals surface area contributed by atoms with Gasteiger partial charge in [-0.2, -0.15) is 0 Å². The Hall–Kier alpha value is -1.81. The van der Waals surface area contributed by atoms with Crippen molar-refractivity contribution in [2.45, 2.75) is 44.8 Å². The lowest BCUT2D eigenvalue weighted by molar-refractivity contribution is 0.140.